The summed E-state index contributed by atoms with van der Waals surface area (Å²) in [6, 6.07) is 18.8. The highest BCUT2D eigenvalue weighted by atomic mass is 16.5. The van der Waals surface area contributed by atoms with E-state index >= 15 is 0 Å². The molecule has 0 fully saturated rings. The van der Waals surface area contributed by atoms with Gasteiger partial charge >= 0.3 is 0 Å². The van der Waals surface area contributed by atoms with E-state index in [2.05, 4.69) is 9.97 Å². The second-order valence-electron chi connectivity index (χ2n) is 7.16. The van der Waals surface area contributed by atoms with E-state index in [0.29, 0.717) is 22.7 Å². The van der Waals surface area contributed by atoms with Crippen LogP contribution in [0.1, 0.15) is 18.1 Å². The lowest BCUT2D eigenvalue weighted by Crippen LogP contribution is -2.10. The molecule has 0 saturated heterocycles. The quantitative estimate of drug-likeness (QED) is 0.202. The smallest absolute Gasteiger partial charge is 0.300 e. The van der Waals surface area contributed by atoms with Crippen LogP contribution < -0.4 is 16.2 Å². The third-order valence-electron chi connectivity index (χ3n) is 4.78. The molecule has 0 aliphatic heterocycles. The van der Waals surface area contributed by atoms with Crippen LogP contribution in [0.15, 0.2) is 60.7 Å². The number of fused-ring (bicyclic) bond motifs is 1. The number of ether oxygens (including phenoxy) is 1. The first-order valence-electron chi connectivity index (χ1n) is 9.86. The molecule has 0 saturated carbocycles. The van der Waals surface area contributed by atoms with Crippen molar-refractivity contribution in [3.63, 3.8) is 0 Å². The van der Waals surface area contributed by atoms with Crippen LogP contribution in [0.25, 0.3) is 33.5 Å². The number of carbonyl (C=O) groups is 1. The molecule has 3 aromatic carbocycles. The summed E-state index contributed by atoms with van der Waals surface area (Å²) in [6.07, 6.45) is 0. The van der Waals surface area contributed by atoms with Crippen molar-refractivity contribution in [2.45, 2.75) is 6.92 Å². The maximum Gasteiger partial charge on any atom is 0.300 e. The number of rotatable bonds is 5. The highest BCUT2D eigenvalue weighted by Crippen LogP contribution is 2.34. The number of methoxy groups -OCH3 is 1. The Morgan fingerprint density at radius 3 is 2.09 bits per heavy atom. The predicted molar refractivity (Wildman–Crippen MR) is 129 cm³/mol. The van der Waals surface area contributed by atoms with Crippen molar-refractivity contribution in [1.82, 2.24) is 9.97 Å². The van der Waals surface area contributed by atoms with Crippen molar-refractivity contribution in [2.75, 3.05) is 7.11 Å². The Balaban J connectivity index is 0.000000709. The largest absolute Gasteiger partial charge is 0.496 e. The van der Waals surface area contributed by atoms with Crippen LogP contribution in [0.3, 0.4) is 0 Å². The first kappa shape index (κ1) is 23.0. The van der Waals surface area contributed by atoms with E-state index < -0.39 is 5.97 Å². The van der Waals surface area contributed by atoms with Crippen molar-refractivity contribution in [3.8, 4) is 28.3 Å². The summed E-state index contributed by atoms with van der Waals surface area (Å²) in [6.45, 7) is 1.08. The highest BCUT2D eigenvalue weighted by molar-refractivity contribution is 5.98. The van der Waals surface area contributed by atoms with E-state index in [4.69, 9.17) is 36.9 Å². The molecule has 4 rings (SSSR count). The van der Waals surface area contributed by atoms with Gasteiger partial charge in [0.2, 0.25) is 0 Å². The van der Waals surface area contributed by atoms with Gasteiger partial charge in [0.25, 0.3) is 5.97 Å². The second-order valence-corrected chi connectivity index (χ2v) is 7.16. The molecule has 0 radical (unpaired) electrons. The number of nitrogen functional groups attached to an aromatic ring is 2. The molecule has 0 bridgehead atoms. The summed E-state index contributed by atoms with van der Waals surface area (Å²) in [7, 11) is 1.62. The van der Waals surface area contributed by atoms with Gasteiger partial charge in [0.05, 0.1) is 23.7 Å². The van der Waals surface area contributed by atoms with Gasteiger partial charge in [-0.3, -0.25) is 15.6 Å². The van der Waals surface area contributed by atoms with E-state index in [1.54, 1.807) is 13.2 Å². The number of hydrogen-bond acceptors (Lipinski definition) is 5. The lowest BCUT2D eigenvalue weighted by atomic mass is 10.0. The maximum absolute atomic E-state index is 9.00. The topological polar surface area (TPSA) is 175 Å². The van der Waals surface area contributed by atoms with Gasteiger partial charge in [-0.15, -0.1) is 0 Å². The number of carboxylic acids is 1. The summed E-state index contributed by atoms with van der Waals surface area (Å²) in [5.41, 5.74) is 16.8. The zero-order chi connectivity index (χ0) is 24.1. The van der Waals surface area contributed by atoms with Gasteiger partial charge in [-0.1, -0.05) is 30.3 Å². The molecule has 0 aliphatic rings. The van der Waals surface area contributed by atoms with Crippen molar-refractivity contribution in [1.29, 1.82) is 10.8 Å². The SMILES string of the molecule is CC(=O)O.COc1ccc(-c2ccc(C(=N)N)cc2)cc1-c1nc2ccc(C(=N)N)cc2[nH]1. The Labute approximate surface area is 190 Å². The Hall–Kier alpha value is -4.66. The number of aliphatic carboxylic acids is 1. The molecule has 0 amide bonds. The molecule has 33 heavy (non-hydrogen) atoms. The lowest BCUT2D eigenvalue weighted by Gasteiger charge is -2.10. The minimum absolute atomic E-state index is 0.0108. The number of aromatic nitrogens is 2. The summed E-state index contributed by atoms with van der Waals surface area (Å²) < 4.78 is 5.54. The third-order valence-corrected chi connectivity index (χ3v) is 4.78. The van der Waals surface area contributed by atoms with Gasteiger partial charge < -0.3 is 26.3 Å². The summed E-state index contributed by atoms with van der Waals surface area (Å²) >= 11 is 0. The Morgan fingerprint density at radius 1 is 0.939 bits per heavy atom. The fourth-order valence-corrected chi connectivity index (χ4v) is 3.22. The fourth-order valence-electron chi connectivity index (χ4n) is 3.22. The monoisotopic (exact) mass is 444 g/mol. The minimum atomic E-state index is -0.833. The van der Waals surface area contributed by atoms with Crippen molar-refractivity contribution in [3.05, 3.63) is 71.8 Å². The molecule has 0 unspecified atom stereocenters. The molecule has 0 spiro atoms. The van der Waals surface area contributed by atoms with Crippen LogP contribution >= 0.6 is 0 Å². The van der Waals surface area contributed by atoms with Crippen LogP contribution in [0.5, 0.6) is 5.75 Å². The van der Waals surface area contributed by atoms with E-state index in [1.165, 1.54) is 0 Å². The standard InChI is InChI=1S/C22H20N6O.C2H4O2/c1-29-19-9-7-14(12-2-4-13(5-3-12)20(23)24)10-16(19)22-27-17-8-6-15(21(25)26)11-18(17)28-22;1-2(3)4/h2-11H,1H3,(H3,23,24)(H3,25,26)(H,27,28);1H3,(H,3,4). The summed E-state index contributed by atoms with van der Waals surface area (Å²) in [4.78, 5) is 17.0. The van der Waals surface area contributed by atoms with Crippen LogP contribution in [0.2, 0.25) is 0 Å². The Morgan fingerprint density at radius 2 is 1.52 bits per heavy atom. The van der Waals surface area contributed by atoms with Gasteiger partial charge in [-0.25, -0.2) is 4.98 Å². The molecule has 8 N–H and O–H groups in total. The second kappa shape index (κ2) is 9.65. The number of hydrogen-bond donors (Lipinski definition) is 6. The van der Waals surface area contributed by atoms with Crippen LogP contribution in [0, 0.1) is 10.8 Å². The lowest BCUT2D eigenvalue weighted by molar-refractivity contribution is -0.134. The number of aromatic amines is 1. The molecule has 4 aromatic rings. The Bertz CT molecular complexity index is 1340. The van der Waals surface area contributed by atoms with Crippen LogP contribution in [0.4, 0.5) is 0 Å². The highest BCUT2D eigenvalue weighted by Gasteiger charge is 2.13. The first-order valence-corrected chi connectivity index (χ1v) is 9.86. The number of benzene rings is 3. The molecule has 1 heterocycles. The molecule has 9 nitrogen and oxygen atoms in total. The minimum Gasteiger partial charge on any atom is -0.496 e. The molecular weight excluding hydrogens is 420 g/mol. The summed E-state index contributed by atoms with van der Waals surface area (Å²) in [5.74, 6) is 0.579. The number of nitrogens with two attached hydrogens (primary N) is 2. The normalized spacial score (nSPS) is 10.2. The van der Waals surface area contributed by atoms with Crippen LogP contribution in [-0.2, 0) is 4.79 Å². The van der Waals surface area contributed by atoms with Crippen LogP contribution in [-0.4, -0.2) is 39.8 Å². The van der Waals surface area contributed by atoms with Crippen molar-refractivity contribution >= 4 is 28.7 Å². The number of imidazole rings is 1. The number of nitrogens with zero attached hydrogens (tertiary/aromatic N) is 1. The zero-order valence-corrected chi connectivity index (χ0v) is 18.1. The molecule has 1 aromatic heterocycles. The summed E-state index contributed by atoms with van der Waals surface area (Å²) in [5, 5.41) is 22.6. The van der Waals surface area contributed by atoms with E-state index in [-0.39, 0.29) is 11.7 Å². The fraction of sp³-hybridized carbons (Fsp3) is 0.0833. The molecule has 168 valence electrons. The van der Waals surface area contributed by atoms with Gasteiger partial charge in [0, 0.05) is 18.1 Å². The van der Waals surface area contributed by atoms with Crippen molar-refractivity contribution in [2.24, 2.45) is 11.5 Å². The van der Waals surface area contributed by atoms with E-state index in [9.17, 15) is 0 Å². The number of carboxylic acid groups (broad SMARTS) is 1. The Kier molecular flexibility index (Phi) is 6.73. The van der Waals surface area contributed by atoms with E-state index in [1.807, 2.05) is 54.6 Å². The average Bonchev–Trinajstić information content (AvgIpc) is 3.21. The van der Waals surface area contributed by atoms with Gasteiger partial charge in [-0.2, -0.15) is 0 Å². The molecule has 0 atom stereocenters. The van der Waals surface area contributed by atoms with Crippen molar-refractivity contribution < 1.29 is 14.6 Å². The number of amidine groups is 2. The number of nitrogens with one attached hydrogen (secondary N) is 3. The number of H-pyrrole nitrogens is 1. The molecule has 0 aliphatic carbocycles. The molecular formula is C24H24N6O3. The average molecular weight is 444 g/mol. The maximum atomic E-state index is 9.00. The molecule has 9 heteroatoms. The van der Waals surface area contributed by atoms with Gasteiger partial charge in [0.15, 0.2) is 0 Å². The zero-order valence-electron chi connectivity index (χ0n) is 18.1. The predicted octanol–water partition coefficient (Wildman–Crippen LogP) is 3.56. The van der Waals surface area contributed by atoms with E-state index in [0.717, 1.165) is 34.6 Å². The van der Waals surface area contributed by atoms with Gasteiger partial charge in [-0.05, 0) is 41.5 Å². The van der Waals surface area contributed by atoms with Gasteiger partial charge in [0.1, 0.15) is 23.2 Å². The third kappa shape index (κ3) is 5.34. The first-order chi connectivity index (χ1) is 15.7.